The molecule has 2 aliphatic rings. The largest absolute Gasteiger partial charge is 0.339 e. The molecule has 3 heterocycles. The van der Waals surface area contributed by atoms with Gasteiger partial charge < -0.3 is 9.80 Å². The minimum absolute atomic E-state index is 0.0288. The molecule has 1 aromatic carbocycles. The lowest BCUT2D eigenvalue weighted by Crippen LogP contribution is -2.35. The molecule has 0 saturated carbocycles. The topological polar surface area (TPSA) is 44.1 Å². The van der Waals surface area contributed by atoms with Crippen LogP contribution in [0.15, 0.2) is 65.1 Å². The van der Waals surface area contributed by atoms with Crippen LogP contribution in [0.25, 0.3) is 0 Å². The summed E-state index contributed by atoms with van der Waals surface area (Å²) in [5, 5.41) is 7.43. The van der Waals surface area contributed by atoms with Crippen LogP contribution in [-0.4, -0.2) is 47.9 Å². The third-order valence-corrected chi connectivity index (χ3v) is 6.03. The normalized spacial score (nSPS) is 17.4. The van der Waals surface area contributed by atoms with Crippen molar-refractivity contribution in [2.24, 2.45) is 16.1 Å². The Bertz CT molecular complexity index is 1020. The summed E-state index contributed by atoms with van der Waals surface area (Å²) in [7, 11) is 2.11. The molecule has 1 aromatic heterocycles. The first kappa shape index (κ1) is 22.2. The molecule has 2 aromatic rings. The van der Waals surface area contributed by atoms with Gasteiger partial charge in [-0.3, -0.25) is 4.98 Å². The van der Waals surface area contributed by atoms with Gasteiger partial charge in [0.15, 0.2) is 0 Å². The lowest BCUT2D eigenvalue weighted by Gasteiger charge is -2.36. The number of alkyl halides is 2. The number of hydrogen-bond acceptors (Lipinski definition) is 5. The highest BCUT2D eigenvalue weighted by molar-refractivity contribution is 6.15. The molecule has 1 fully saturated rings. The smallest absolute Gasteiger partial charge is 0.278 e. The number of allylic oxidation sites excluding steroid dienone is 1. The first-order chi connectivity index (χ1) is 15.4. The van der Waals surface area contributed by atoms with Crippen molar-refractivity contribution >= 4 is 17.1 Å². The number of rotatable bonds is 7. The molecule has 8 heteroatoms. The van der Waals surface area contributed by atoms with Crippen molar-refractivity contribution in [2.75, 3.05) is 25.0 Å². The zero-order valence-corrected chi connectivity index (χ0v) is 18.0. The third kappa shape index (κ3) is 5.07. The fraction of sp³-hybridized carbons (Fsp3) is 0.375. The molecule has 0 unspecified atom stereocenters. The van der Waals surface area contributed by atoms with Crippen molar-refractivity contribution in [2.45, 2.75) is 32.2 Å². The van der Waals surface area contributed by atoms with Crippen LogP contribution in [0.2, 0.25) is 0 Å². The number of hydrogen-bond donors (Lipinski definition) is 0. The van der Waals surface area contributed by atoms with E-state index in [1.165, 1.54) is 12.1 Å². The highest BCUT2D eigenvalue weighted by Gasteiger charge is 2.25. The van der Waals surface area contributed by atoms with Gasteiger partial charge in [0.2, 0.25) is 0 Å². The number of nitrogens with zero attached hydrogens (tertiary/aromatic N) is 5. The Hall–Kier alpha value is -3.00. The summed E-state index contributed by atoms with van der Waals surface area (Å²) in [6, 6.07) is 10.1. The van der Waals surface area contributed by atoms with Crippen LogP contribution in [0, 0.1) is 11.7 Å². The van der Waals surface area contributed by atoms with Gasteiger partial charge in [-0.2, -0.15) is 10.2 Å². The maximum atomic E-state index is 14.0. The standard InChI is InChI=1S/C24H26F3N5/c1-16(17-8-10-31(2)11-9-17)32(21-5-3-4-19(25)12-21)15-20-7-6-18(14-28-20)22-13-23(24(26)27)30-29-22/h3-7,12,14,17,24H,1,8-11,13,15H2,2H3. The van der Waals surface area contributed by atoms with E-state index in [0.29, 0.717) is 23.7 Å². The summed E-state index contributed by atoms with van der Waals surface area (Å²) in [5.41, 5.74) is 3.37. The van der Waals surface area contributed by atoms with Gasteiger partial charge in [-0.1, -0.05) is 12.6 Å². The Labute approximate surface area is 186 Å². The van der Waals surface area contributed by atoms with Gasteiger partial charge in [-0.25, -0.2) is 13.2 Å². The Morgan fingerprint density at radius 3 is 2.59 bits per heavy atom. The molecule has 0 atom stereocenters. The molecular formula is C24H26F3N5. The summed E-state index contributed by atoms with van der Waals surface area (Å²) < 4.78 is 39.6. The van der Waals surface area contributed by atoms with E-state index in [1.807, 2.05) is 23.1 Å². The number of likely N-dealkylation sites (tertiary alicyclic amines) is 1. The number of aromatic nitrogens is 1. The average molecular weight is 442 g/mol. The predicted octanol–water partition coefficient (Wildman–Crippen LogP) is 4.90. The maximum Gasteiger partial charge on any atom is 0.278 e. The predicted molar refractivity (Wildman–Crippen MR) is 121 cm³/mol. The van der Waals surface area contributed by atoms with Crippen LogP contribution < -0.4 is 4.90 Å². The molecular weight excluding hydrogens is 415 g/mol. The zero-order chi connectivity index (χ0) is 22.7. The van der Waals surface area contributed by atoms with Gasteiger partial charge in [0.25, 0.3) is 6.43 Å². The zero-order valence-electron chi connectivity index (χ0n) is 18.0. The fourth-order valence-corrected chi connectivity index (χ4v) is 4.06. The first-order valence-corrected chi connectivity index (χ1v) is 10.7. The lowest BCUT2D eigenvalue weighted by atomic mass is 9.93. The molecule has 0 N–H and O–H groups in total. The van der Waals surface area contributed by atoms with E-state index in [4.69, 9.17) is 0 Å². The van der Waals surface area contributed by atoms with E-state index in [9.17, 15) is 13.2 Å². The van der Waals surface area contributed by atoms with Crippen LogP contribution in [-0.2, 0) is 6.54 Å². The molecule has 0 amide bonds. The molecule has 0 spiro atoms. The lowest BCUT2D eigenvalue weighted by molar-refractivity contribution is 0.224. The quantitative estimate of drug-likeness (QED) is 0.614. The Morgan fingerprint density at radius 1 is 1.19 bits per heavy atom. The molecule has 0 bridgehead atoms. The average Bonchev–Trinajstić information content (AvgIpc) is 3.29. The highest BCUT2D eigenvalue weighted by Crippen LogP contribution is 2.31. The van der Waals surface area contributed by atoms with Crippen LogP contribution in [0.4, 0.5) is 18.9 Å². The van der Waals surface area contributed by atoms with E-state index < -0.39 is 6.43 Å². The van der Waals surface area contributed by atoms with Crippen LogP contribution >= 0.6 is 0 Å². The molecule has 168 valence electrons. The van der Waals surface area contributed by atoms with Gasteiger partial charge in [-0.05, 0) is 63.3 Å². The summed E-state index contributed by atoms with van der Waals surface area (Å²) in [6.07, 6.45) is 1.05. The van der Waals surface area contributed by atoms with E-state index >= 15 is 0 Å². The first-order valence-electron chi connectivity index (χ1n) is 10.7. The summed E-state index contributed by atoms with van der Waals surface area (Å²) in [5.74, 6) is 0.00701. The number of anilines is 1. The summed E-state index contributed by atoms with van der Waals surface area (Å²) in [4.78, 5) is 8.83. The van der Waals surface area contributed by atoms with Crippen molar-refractivity contribution < 1.29 is 13.2 Å². The van der Waals surface area contributed by atoms with Crippen molar-refractivity contribution in [1.29, 1.82) is 0 Å². The highest BCUT2D eigenvalue weighted by atomic mass is 19.3. The summed E-state index contributed by atoms with van der Waals surface area (Å²) in [6.45, 7) is 6.79. The third-order valence-electron chi connectivity index (χ3n) is 6.03. The Balaban J connectivity index is 1.52. The number of halogens is 3. The second kappa shape index (κ2) is 9.65. The number of benzene rings is 1. The monoisotopic (exact) mass is 441 g/mol. The molecule has 2 aliphatic heterocycles. The molecule has 5 nitrogen and oxygen atoms in total. The molecule has 4 rings (SSSR count). The van der Waals surface area contributed by atoms with Crippen molar-refractivity contribution in [3.63, 3.8) is 0 Å². The SMILES string of the molecule is C=C(C1CCN(C)CC1)N(Cc1ccc(C2=NN=C(C(F)F)C2)cn1)c1cccc(F)c1. The van der Waals surface area contributed by atoms with Crippen molar-refractivity contribution in [1.82, 2.24) is 9.88 Å². The van der Waals surface area contributed by atoms with Gasteiger partial charge in [0.05, 0.1) is 18.0 Å². The van der Waals surface area contributed by atoms with Gasteiger partial charge >= 0.3 is 0 Å². The van der Waals surface area contributed by atoms with E-state index in [1.54, 1.807) is 12.3 Å². The fourth-order valence-electron chi connectivity index (χ4n) is 4.06. The second-order valence-corrected chi connectivity index (χ2v) is 8.29. The molecule has 0 aliphatic carbocycles. The van der Waals surface area contributed by atoms with Gasteiger partial charge in [-0.15, -0.1) is 0 Å². The second-order valence-electron chi connectivity index (χ2n) is 8.29. The minimum Gasteiger partial charge on any atom is -0.339 e. The minimum atomic E-state index is -2.60. The van der Waals surface area contributed by atoms with E-state index in [0.717, 1.165) is 43.0 Å². The molecule has 1 saturated heterocycles. The van der Waals surface area contributed by atoms with Crippen molar-refractivity contribution in [3.8, 4) is 0 Å². The van der Waals surface area contributed by atoms with Crippen LogP contribution in [0.1, 0.15) is 30.5 Å². The number of piperidine rings is 1. The van der Waals surface area contributed by atoms with E-state index in [2.05, 4.69) is 33.7 Å². The van der Waals surface area contributed by atoms with Crippen LogP contribution in [0.5, 0.6) is 0 Å². The van der Waals surface area contributed by atoms with Gasteiger partial charge in [0.1, 0.15) is 11.5 Å². The van der Waals surface area contributed by atoms with E-state index in [-0.39, 0.29) is 17.9 Å². The molecule has 32 heavy (non-hydrogen) atoms. The Kier molecular flexibility index (Phi) is 6.69. The summed E-state index contributed by atoms with van der Waals surface area (Å²) >= 11 is 0. The Morgan fingerprint density at radius 2 is 1.97 bits per heavy atom. The molecule has 0 radical (unpaired) electrons. The van der Waals surface area contributed by atoms with Crippen molar-refractivity contribution in [3.05, 3.63) is 71.9 Å². The number of pyridine rings is 1. The van der Waals surface area contributed by atoms with Crippen LogP contribution in [0.3, 0.4) is 0 Å². The van der Waals surface area contributed by atoms with Gasteiger partial charge in [0, 0.05) is 35.5 Å². The maximum absolute atomic E-state index is 14.0.